The number of pyridine rings is 1. The largest absolute Gasteiger partial charge is 0.496 e. The number of rotatable bonds is 10. The minimum absolute atomic E-state index is 0.00770. The van der Waals surface area contributed by atoms with Crippen molar-refractivity contribution >= 4 is 45.9 Å². The number of benzene rings is 1. The quantitative estimate of drug-likeness (QED) is 0.332. The average molecular weight is 551 g/mol. The van der Waals surface area contributed by atoms with Crippen LogP contribution in [0.2, 0.25) is 0 Å². The smallest absolute Gasteiger partial charge is 0.225 e. The molecule has 0 aliphatic carbocycles. The molecule has 2 saturated heterocycles. The van der Waals surface area contributed by atoms with Gasteiger partial charge in [0, 0.05) is 67.4 Å². The van der Waals surface area contributed by atoms with Crippen molar-refractivity contribution in [3.63, 3.8) is 0 Å². The lowest BCUT2D eigenvalue weighted by Gasteiger charge is -2.32. The number of ether oxygens (including phenoxy) is 3. The number of aromatic nitrogens is 3. The molecule has 1 unspecified atom stereocenters. The molecule has 4 heterocycles. The third kappa shape index (κ3) is 6.15. The molecule has 2 aromatic heterocycles. The standard InChI is InChI=1S/C27H34N8O5/c1-38-22-15-21-20(14-19(22)18(26(29)37)2-3-23(28)36)27(31-16-30-21)33-24-12-17(34-4-8-39-9-5-34)13-25(32-24)35-6-10-40-11-7-35/h12-16,18H,2-11H2,1H3,(H2,28,36)(H2,29,37)(H,30,31,32,33). The van der Waals surface area contributed by atoms with Crippen LogP contribution in [0.15, 0.2) is 30.6 Å². The molecule has 2 aliphatic rings. The monoisotopic (exact) mass is 550 g/mol. The van der Waals surface area contributed by atoms with Crippen LogP contribution in [0, 0.1) is 0 Å². The maximum Gasteiger partial charge on any atom is 0.225 e. The van der Waals surface area contributed by atoms with Crippen molar-refractivity contribution in [2.75, 3.05) is 74.8 Å². The summed E-state index contributed by atoms with van der Waals surface area (Å²) >= 11 is 0. The van der Waals surface area contributed by atoms with Crippen LogP contribution in [-0.4, -0.2) is 86.5 Å². The van der Waals surface area contributed by atoms with Crippen LogP contribution in [0.3, 0.4) is 0 Å². The van der Waals surface area contributed by atoms with Crippen molar-refractivity contribution in [1.29, 1.82) is 0 Å². The highest BCUT2D eigenvalue weighted by molar-refractivity contribution is 5.94. The number of carbonyl (C=O) groups excluding carboxylic acids is 2. The normalized spacial score (nSPS) is 16.5. The maximum atomic E-state index is 12.4. The lowest BCUT2D eigenvalue weighted by molar-refractivity contribution is -0.120. The van der Waals surface area contributed by atoms with Crippen molar-refractivity contribution in [1.82, 2.24) is 15.0 Å². The number of hydrogen-bond donors (Lipinski definition) is 3. The van der Waals surface area contributed by atoms with Gasteiger partial charge in [-0.25, -0.2) is 15.0 Å². The fraction of sp³-hybridized carbons (Fsp3) is 0.444. The average Bonchev–Trinajstić information content (AvgIpc) is 2.97. The van der Waals surface area contributed by atoms with E-state index in [0.29, 0.717) is 60.3 Å². The fourth-order valence-electron chi connectivity index (χ4n) is 5.03. The maximum absolute atomic E-state index is 12.4. The minimum Gasteiger partial charge on any atom is -0.496 e. The molecule has 0 spiro atoms. The van der Waals surface area contributed by atoms with Gasteiger partial charge in [-0.3, -0.25) is 9.59 Å². The summed E-state index contributed by atoms with van der Waals surface area (Å²) in [5.41, 5.74) is 13.2. The molecule has 0 bridgehead atoms. The van der Waals surface area contributed by atoms with Crippen LogP contribution in [-0.2, 0) is 19.1 Å². The number of morpholine rings is 2. The molecular formula is C27H34N8O5. The van der Waals surface area contributed by atoms with Gasteiger partial charge in [0.1, 0.15) is 29.5 Å². The summed E-state index contributed by atoms with van der Waals surface area (Å²) in [6, 6.07) is 7.60. The number of carbonyl (C=O) groups is 2. The van der Waals surface area contributed by atoms with Crippen molar-refractivity contribution in [2.24, 2.45) is 11.5 Å². The zero-order chi connectivity index (χ0) is 28.1. The van der Waals surface area contributed by atoms with Gasteiger partial charge in [-0.15, -0.1) is 0 Å². The molecule has 1 atom stereocenters. The molecule has 1 aromatic carbocycles. The second-order valence-electron chi connectivity index (χ2n) is 9.69. The first-order chi connectivity index (χ1) is 19.4. The Labute approximate surface area is 231 Å². The summed E-state index contributed by atoms with van der Waals surface area (Å²) in [4.78, 5) is 42.1. The SMILES string of the molecule is COc1cc2ncnc(Nc3cc(N4CCOCC4)cc(N4CCOCC4)n3)c2cc1C(CCC(N)=O)C(N)=O. The van der Waals surface area contributed by atoms with Crippen molar-refractivity contribution in [2.45, 2.75) is 18.8 Å². The number of nitrogens with two attached hydrogens (primary N) is 2. The van der Waals surface area contributed by atoms with Crippen molar-refractivity contribution in [3.8, 4) is 5.75 Å². The Bertz CT molecular complexity index is 1340. The molecule has 2 fully saturated rings. The summed E-state index contributed by atoms with van der Waals surface area (Å²) in [5.74, 6) is 0.521. The zero-order valence-electron chi connectivity index (χ0n) is 22.5. The third-order valence-electron chi connectivity index (χ3n) is 7.14. The number of anilines is 4. The van der Waals surface area contributed by atoms with Gasteiger partial charge in [0.25, 0.3) is 0 Å². The minimum atomic E-state index is -0.782. The van der Waals surface area contributed by atoms with E-state index in [1.807, 2.05) is 6.07 Å². The van der Waals surface area contributed by atoms with Gasteiger partial charge in [-0.1, -0.05) is 0 Å². The molecule has 13 heteroatoms. The van der Waals surface area contributed by atoms with Gasteiger partial charge in [0.05, 0.1) is 45.0 Å². The second kappa shape index (κ2) is 12.3. The van der Waals surface area contributed by atoms with E-state index in [1.54, 1.807) is 12.1 Å². The second-order valence-corrected chi connectivity index (χ2v) is 9.69. The van der Waals surface area contributed by atoms with E-state index in [2.05, 4.69) is 31.2 Å². The highest BCUT2D eigenvalue weighted by atomic mass is 16.5. The first kappa shape index (κ1) is 27.3. The molecule has 5 N–H and O–H groups in total. The van der Waals surface area contributed by atoms with Gasteiger partial charge in [-0.05, 0) is 12.5 Å². The van der Waals surface area contributed by atoms with Gasteiger partial charge in [0.2, 0.25) is 11.8 Å². The van der Waals surface area contributed by atoms with E-state index in [4.69, 9.17) is 30.7 Å². The Morgan fingerprint density at radius 2 is 1.70 bits per heavy atom. The van der Waals surface area contributed by atoms with Gasteiger partial charge >= 0.3 is 0 Å². The van der Waals surface area contributed by atoms with Crippen LogP contribution < -0.4 is 31.3 Å². The molecule has 2 amide bonds. The number of nitrogens with zero attached hydrogens (tertiary/aromatic N) is 5. The number of hydrogen-bond acceptors (Lipinski definition) is 11. The third-order valence-corrected chi connectivity index (χ3v) is 7.14. The molecule has 13 nitrogen and oxygen atoms in total. The molecule has 0 radical (unpaired) electrons. The summed E-state index contributed by atoms with van der Waals surface area (Å²) in [6.45, 7) is 5.67. The van der Waals surface area contributed by atoms with E-state index in [0.717, 1.165) is 37.7 Å². The number of methoxy groups -OCH3 is 1. The van der Waals surface area contributed by atoms with Gasteiger partial charge in [-0.2, -0.15) is 0 Å². The topological polar surface area (TPSA) is 171 Å². The summed E-state index contributed by atoms with van der Waals surface area (Å²) in [7, 11) is 1.51. The van der Waals surface area contributed by atoms with Crippen LogP contribution in [0.1, 0.15) is 24.3 Å². The van der Waals surface area contributed by atoms with Crippen molar-refractivity contribution < 1.29 is 23.8 Å². The van der Waals surface area contributed by atoms with Crippen LogP contribution in [0.25, 0.3) is 10.9 Å². The van der Waals surface area contributed by atoms with Gasteiger partial charge < -0.3 is 40.8 Å². The number of amides is 2. The van der Waals surface area contributed by atoms with E-state index in [1.165, 1.54) is 13.4 Å². The fourth-order valence-corrected chi connectivity index (χ4v) is 5.03. The van der Waals surface area contributed by atoms with E-state index in [-0.39, 0.29) is 12.8 Å². The van der Waals surface area contributed by atoms with Crippen LogP contribution in [0.4, 0.5) is 23.1 Å². The highest BCUT2D eigenvalue weighted by Gasteiger charge is 2.25. The number of fused-ring (bicyclic) bond motifs is 1. The molecule has 212 valence electrons. The van der Waals surface area contributed by atoms with Gasteiger partial charge in [0.15, 0.2) is 0 Å². The number of primary amides is 2. The number of nitrogens with one attached hydrogen (secondary N) is 1. The Hall–Kier alpha value is -4.23. The predicted octanol–water partition coefficient (Wildman–Crippen LogP) is 1.28. The molecule has 3 aromatic rings. The molecular weight excluding hydrogens is 516 g/mol. The van der Waals surface area contributed by atoms with E-state index >= 15 is 0 Å². The summed E-state index contributed by atoms with van der Waals surface area (Å²) < 4.78 is 16.7. The summed E-state index contributed by atoms with van der Waals surface area (Å²) in [5, 5.41) is 4.03. The van der Waals surface area contributed by atoms with E-state index in [9.17, 15) is 9.59 Å². The first-order valence-electron chi connectivity index (χ1n) is 13.3. The Balaban J connectivity index is 1.55. The van der Waals surface area contributed by atoms with Crippen molar-refractivity contribution in [3.05, 3.63) is 36.2 Å². The molecule has 0 saturated carbocycles. The Morgan fingerprint density at radius 1 is 1.00 bits per heavy atom. The Morgan fingerprint density at radius 3 is 2.35 bits per heavy atom. The first-order valence-corrected chi connectivity index (χ1v) is 13.3. The molecule has 5 rings (SSSR count). The van der Waals surface area contributed by atoms with Crippen LogP contribution >= 0.6 is 0 Å². The summed E-state index contributed by atoms with van der Waals surface area (Å²) in [6.07, 6.45) is 1.62. The van der Waals surface area contributed by atoms with E-state index < -0.39 is 17.7 Å². The predicted molar refractivity (Wildman–Crippen MR) is 150 cm³/mol. The molecule has 40 heavy (non-hydrogen) atoms. The lowest BCUT2D eigenvalue weighted by Crippen LogP contribution is -2.38. The lowest BCUT2D eigenvalue weighted by atomic mass is 9.91. The molecule has 2 aliphatic heterocycles. The van der Waals surface area contributed by atoms with Crippen LogP contribution in [0.5, 0.6) is 5.75 Å². The highest BCUT2D eigenvalue weighted by Crippen LogP contribution is 2.36. The zero-order valence-corrected chi connectivity index (χ0v) is 22.5. The Kier molecular flexibility index (Phi) is 8.41.